The first kappa shape index (κ1) is 12.9. The van der Waals surface area contributed by atoms with Crippen LogP contribution in [0.15, 0.2) is 34.9 Å². The third-order valence-corrected chi connectivity index (χ3v) is 3.47. The van der Waals surface area contributed by atoms with Crippen molar-refractivity contribution in [2.75, 3.05) is 11.1 Å². The van der Waals surface area contributed by atoms with Crippen LogP contribution < -0.4 is 11.1 Å². The minimum atomic E-state index is 0.745. The van der Waals surface area contributed by atoms with Gasteiger partial charge in [-0.05, 0) is 59.1 Å². The average molecular weight is 306 g/mol. The summed E-state index contributed by atoms with van der Waals surface area (Å²) in [5.41, 5.74) is 10.9. The van der Waals surface area contributed by atoms with Crippen molar-refractivity contribution in [1.82, 2.24) is 4.98 Å². The summed E-state index contributed by atoms with van der Waals surface area (Å²) in [6.45, 7) is 4.73. The van der Waals surface area contributed by atoms with Gasteiger partial charge in [0.15, 0.2) is 0 Å². The van der Waals surface area contributed by atoms with Gasteiger partial charge in [-0.15, -0.1) is 0 Å². The lowest BCUT2D eigenvalue weighted by molar-refractivity contribution is 1.08. The molecule has 0 aliphatic heterocycles. The second-order valence-electron chi connectivity index (χ2n) is 4.35. The van der Waals surface area contributed by atoms with Crippen molar-refractivity contribution in [3.63, 3.8) is 0 Å². The average Bonchev–Trinajstić information content (AvgIpc) is 2.34. The molecule has 0 unspecified atom stereocenters. The standard InChI is InChI=1S/C14H16BrN3/c1-9-5-14(12(15)6-13(9)16)18-8-11-4-3-10(2)17-7-11/h3-7,18H,8,16H2,1-2H3. The minimum Gasteiger partial charge on any atom is -0.398 e. The van der Waals surface area contributed by atoms with Gasteiger partial charge in [-0.1, -0.05) is 6.07 Å². The molecule has 4 heteroatoms. The van der Waals surface area contributed by atoms with Crippen LogP contribution in [0.4, 0.5) is 11.4 Å². The van der Waals surface area contributed by atoms with Crippen LogP contribution in [0, 0.1) is 13.8 Å². The molecular formula is C14H16BrN3. The van der Waals surface area contributed by atoms with Gasteiger partial charge in [0.1, 0.15) is 0 Å². The smallest absolute Gasteiger partial charge is 0.0491 e. The Balaban J connectivity index is 2.10. The zero-order valence-electron chi connectivity index (χ0n) is 10.5. The molecule has 0 saturated heterocycles. The third kappa shape index (κ3) is 3.01. The number of hydrogen-bond acceptors (Lipinski definition) is 3. The Bertz CT molecular complexity index is 550. The summed E-state index contributed by atoms with van der Waals surface area (Å²) in [6, 6.07) is 8.06. The highest BCUT2D eigenvalue weighted by atomic mass is 79.9. The molecule has 1 heterocycles. The van der Waals surface area contributed by atoms with Gasteiger partial charge in [0, 0.05) is 34.3 Å². The highest BCUT2D eigenvalue weighted by molar-refractivity contribution is 9.10. The Morgan fingerprint density at radius 2 is 2.06 bits per heavy atom. The Morgan fingerprint density at radius 1 is 1.28 bits per heavy atom. The predicted molar refractivity (Wildman–Crippen MR) is 79.6 cm³/mol. The molecule has 2 rings (SSSR count). The number of nitrogens with two attached hydrogens (primary N) is 1. The molecule has 0 bridgehead atoms. The number of pyridine rings is 1. The molecule has 2 aromatic rings. The van der Waals surface area contributed by atoms with E-state index in [0.29, 0.717) is 0 Å². The van der Waals surface area contributed by atoms with Crippen molar-refractivity contribution >= 4 is 27.3 Å². The Morgan fingerprint density at radius 3 is 2.72 bits per heavy atom. The van der Waals surface area contributed by atoms with Gasteiger partial charge in [-0.2, -0.15) is 0 Å². The normalized spacial score (nSPS) is 10.4. The van der Waals surface area contributed by atoms with E-state index in [2.05, 4.69) is 32.3 Å². The van der Waals surface area contributed by atoms with Gasteiger partial charge in [0.25, 0.3) is 0 Å². The van der Waals surface area contributed by atoms with Gasteiger partial charge in [-0.25, -0.2) is 0 Å². The number of anilines is 2. The van der Waals surface area contributed by atoms with Crippen molar-refractivity contribution in [2.45, 2.75) is 20.4 Å². The Labute approximate surface area is 116 Å². The third-order valence-electron chi connectivity index (χ3n) is 2.81. The second-order valence-corrected chi connectivity index (χ2v) is 5.20. The monoisotopic (exact) mass is 305 g/mol. The summed E-state index contributed by atoms with van der Waals surface area (Å²) in [6.07, 6.45) is 1.89. The van der Waals surface area contributed by atoms with Crippen LogP contribution in [0.5, 0.6) is 0 Å². The SMILES string of the molecule is Cc1ccc(CNc2cc(C)c(N)cc2Br)cn1. The van der Waals surface area contributed by atoms with Gasteiger partial charge >= 0.3 is 0 Å². The maximum atomic E-state index is 5.85. The molecule has 0 radical (unpaired) electrons. The zero-order valence-corrected chi connectivity index (χ0v) is 12.1. The maximum Gasteiger partial charge on any atom is 0.0491 e. The lowest BCUT2D eigenvalue weighted by Gasteiger charge is -2.11. The van der Waals surface area contributed by atoms with Crippen molar-refractivity contribution in [1.29, 1.82) is 0 Å². The molecule has 0 aliphatic carbocycles. The minimum absolute atomic E-state index is 0.745. The number of nitrogen functional groups attached to an aromatic ring is 1. The molecule has 0 aliphatic rings. The van der Waals surface area contributed by atoms with Crippen molar-refractivity contribution in [3.05, 3.63) is 51.8 Å². The van der Waals surface area contributed by atoms with Crippen LogP contribution in [0.25, 0.3) is 0 Å². The molecular weight excluding hydrogens is 290 g/mol. The number of nitrogens with zero attached hydrogens (tertiary/aromatic N) is 1. The predicted octanol–water partition coefficient (Wildman–Crippen LogP) is 3.66. The van der Waals surface area contributed by atoms with E-state index in [1.54, 1.807) is 0 Å². The highest BCUT2D eigenvalue weighted by Crippen LogP contribution is 2.28. The van der Waals surface area contributed by atoms with Crippen molar-refractivity contribution < 1.29 is 0 Å². The van der Waals surface area contributed by atoms with Gasteiger partial charge in [-0.3, -0.25) is 4.98 Å². The Hall–Kier alpha value is -1.55. The van der Waals surface area contributed by atoms with Crippen LogP contribution in [0.2, 0.25) is 0 Å². The van der Waals surface area contributed by atoms with Crippen LogP contribution >= 0.6 is 15.9 Å². The van der Waals surface area contributed by atoms with Gasteiger partial charge in [0.2, 0.25) is 0 Å². The number of halogens is 1. The zero-order chi connectivity index (χ0) is 13.1. The van der Waals surface area contributed by atoms with E-state index >= 15 is 0 Å². The van der Waals surface area contributed by atoms with Crippen LogP contribution in [-0.2, 0) is 6.54 Å². The number of aromatic nitrogens is 1. The molecule has 1 aromatic carbocycles. The van der Waals surface area contributed by atoms with E-state index in [0.717, 1.165) is 39.2 Å². The molecule has 0 saturated carbocycles. The number of rotatable bonds is 3. The quantitative estimate of drug-likeness (QED) is 0.851. The first-order valence-electron chi connectivity index (χ1n) is 5.77. The number of nitrogens with one attached hydrogen (secondary N) is 1. The molecule has 0 fully saturated rings. The number of hydrogen-bond donors (Lipinski definition) is 2. The fourth-order valence-electron chi connectivity index (χ4n) is 1.63. The summed E-state index contributed by atoms with van der Waals surface area (Å²) in [7, 11) is 0. The molecule has 0 amide bonds. The number of benzene rings is 1. The molecule has 3 nitrogen and oxygen atoms in total. The fourth-order valence-corrected chi connectivity index (χ4v) is 2.13. The largest absolute Gasteiger partial charge is 0.398 e. The molecule has 0 spiro atoms. The summed E-state index contributed by atoms with van der Waals surface area (Å²) in [5, 5.41) is 3.37. The topological polar surface area (TPSA) is 50.9 Å². The van der Waals surface area contributed by atoms with Crippen LogP contribution in [0.3, 0.4) is 0 Å². The first-order valence-corrected chi connectivity index (χ1v) is 6.56. The van der Waals surface area contributed by atoms with E-state index < -0.39 is 0 Å². The van der Waals surface area contributed by atoms with E-state index in [1.165, 1.54) is 0 Å². The summed E-state index contributed by atoms with van der Waals surface area (Å²) in [4.78, 5) is 4.27. The van der Waals surface area contributed by atoms with Crippen LogP contribution in [0.1, 0.15) is 16.8 Å². The molecule has 94 valence electrons. The van der Waals surface area contributed by atoms with E-state index in [4.69, 9.17) is 5.73 Å². The van der Waals surface area contributed by atoms with E-state index in [9.17, 15) is 0 Å². The fraction of sp³-hybridized carbons (Fsp3) is 0.214. The van der Waals surface area contributed by atoms with E-state index in [-0.39, 0.29) is 0 Å². The van der Waals surface area contributed by atoms with Crippen LogP contribution in [-0.4, -0.2) is 4.98 Å². The second kappa shape index (κ2) is 5.40. The lowest BCUT2D eigenvalue weighted by atomic mass is 10.2. The highest BCUT2D eigenvalue weighted by Gasteiger charge is 2.03. The Kier molecular flexibility index (Phi) is 3.87. The van der Waals surface area contributed by atoms with Crippen molar-refractivity contribution in [3.8, 4) is 0 Å². The summed E-state index contributed by atoms with van der Waals surface area (Å²) in [5.74, 6) is 0. The summed E-state index contributed by atoms with van der Waals surface area (Å²) < 4.78 is 0.977. The molecule has 1 aromatic heterocycles. The van der Waals surface area contributed by atoms with Crippen molar-refractivity contribution in [2.24, 2.45) is 0 Å². The molecule has 3 N–H and O–H groups in total. The lowest BCUT2D eigenvalue weighted by Crippen LogP contribution is -2.02. The summed E-state index contributed by atoms with van der Waals surface area (Å²) >= 11 is 3.51. The van der Waals surface area contributed by atoms with Gasteiger partial charge in [0.05, 0.1) is 0 Å². The van der Waals surface area contributed by atoms with E-state index in [1.807, 2.05) is 38.2 Å². The maximum absolute atomic E-state index is 5.85. The van der Waals surface area contributed by atoms with Gasteiger partial charge < -0.3 is 11.1 Å². The molecule has 18 heavy (non-hydrogen) atoms. The first-order chi connectivity index (χ1) is 8.56. The number of aryl methyl sites for hydroxylation is 2. The molecule has 0 atom stereocenters.